The number of nitrogens with one attached hydrogen (secondary N) is 1. The van der Waals surface area contributed by atoms with Crippen LogP contribution in [0.1, 0.15) is 24.1 Å². The molecule has 0 bridgehead atoms. The topological polar surface area (TPSA) is 54.4 Å². The first-order valence-corrected chi connectivity index (χ1v) is 6.21. The summed E-state index contributed by atoms with van der Waals surface area (Å²) in [5, 5.41) is 13.2. The fraction of sp³-hybridized carbons (Fsp3) is 0.267. The van der Waals surface area contributed by atoms with Crippen molar-refractivity contribution in [1.82, 2.24) is 10.3 Å². The molecular formula is C15H18N2O2. The van der Waals surface area contributed by atoms with Crippen LogP contribution in [0.15, 0.2) is 42.6 Å². The summed E-state index contributed by atoms with van der Waals surface area (Å²) in [6.07, 6.45) is 1.72. The lowest BCUT2D eigenvalue weighted by Gasteiger charge is -2.15. The monoisotopic (exact) mass is 258 g/mol. The Hall–Kier alpha value is -2.07. The molecule has 1 atom stereocenters. The predicted octanol–water partition coefficient (Wildman–Crippen LogP) is 2.65. The summed E-state index contributed by atoms with van der Waals surface area (Å²) in [4.78, 5) is 4.07. The molecule has 1 aromatic carbocycles. The van der Waals surface area contributed by atoms with E-state index >= 15 is 0 Å². The lowest BCUT2D eigenvalue weighted by molar-refractivity contribution is 0.396. The van der Waals surface area contributed by atoms with E-state index < -0.39 is 0 Å². The van der Waals surface area contributed by atoms with Crippen molar-refractivity contribution in [2.75, 3.05) is 7.11 Å². The molecule has 4 nitrogen and oxygen atoms in total. The highest BCUT2D eigenvalue weighted by molar-refractivity contribution is 5.34. The highest BCUT2D eigenvalue weighted by Crippen LogP contribution is 2.23. The van der Waals surface area contributed by atoms with E-state index in [0.29, 0.717) is 18.2 Å². The molecule has 19 heavy (non-hydrogen) atoms. The van der Waals surface area contributed by atoms with Crippen molar-refractivity contribution in [3.05, 3.63) is 53.7 Å². The number of benzene rings is 1. The number of para-hydroxylation sites is 1. The van der Waals surface area contributed by atoms with Crippen molar-refractivity contribution < 1.29 is 9.84 Å². The predicted molar refractivity (Wildman–Crippen MR) is 74.2 cm³/mol. The number of phenolic OH excluding ortho intramolecular Hbond substituents is 1. The molecule has 0 amide bonds. The van der Waals surface area contributed by atoms with Crippen LogP contribution in [0.3, 0.4) is 0 Å². The fourth-order valence-electron chi connectivity index (χ4n) is 1.91. The molecule has 1 unspecified atom stereocenters. The maximum atomic E-state index is 9.79. The van der Waals surface area contributed by atoms with Gasteiger partial charge in [-0.2, -0.15) is 0 Å². The quantitative estimate of drug-likeness (QED) is 0.865. The molecule has 0 aliphatic carbocycles. The van der Waals surface area contributed by atoms with Gasteiger partial charge in [-0.3, -0.25) is 0 Å². The fourth-order valence-corrected chi connectivity index (χ4v) is 1.91. The third-order valence-electron chi connectivity index (χ3n) is 3.02. The summed E-state index contributed by atoms with van der Waals surface area (Å²) >= 11 is 0. The van der Waals surface area contributed by atoms with Crippen LogP contribution in [0.4, 0.5) is 0 Å². The Kier molecular flexibility index (Phi) is 4.36. The van der Waals surface area contributed by atoms with Gasteiger partial charge in [-0.1, -0.05) is 18.2 Å². The van der Waals surface area contributed by atoms with Gasteiger partial charge in [0.2, 0.25) is 5.88 Å². The smallest absolute Gasteiger partial charge is 0.213 e. The normalized spacial score (nSPS) is 12.1. The van der Waals surface area contributed by atoms with Gasteiger partial charge < -0.3 is 15.2 Å². The lowest BCUT2D eigenvalue weighted by Crippen LogP contribution is -2.18. The first-order chi connectivity index (χ1) is 9.20. The van der Waals surface area contributed by atoms with Gasteiger partial charge in [-0.05, 0) is 24.6 Å². The molecule has 0 saturated heterocycles. The first-order valence-electron chi connectivity index (χ1n) is 6.21. The summed E-state index contributed by atoms with van der Waals surface area (Å²) in [5.74, 6) is 0.921. The van der Waals surface area contributed by atoms with Crippen molar-refractivity contribution >= 4 is 0 Å². The van der Waals surface area contributed by atoms with E-state index in [1.54, 1.807) is 19.4 Å². The second-order valence-corrected chi connectivity index (χ2v) is 4.37. The van der Waals surface area contributed by atoms with Crippen molar-refractivity contribution in [2.45, 2.75) is 19.5 Å². The van der Waals surface area contributed by atoms with E-state index in [1.807, 2.05) is 37.3 Å². The van der Waals surface area contributed by atoms with E-state index in [1.165, 1.54) is 0 Å². The van der Waals surface area contributed by atoms with Gasteiger partial charge in [0.15, 0.2) is 0 Å². The van der Waals surface area contributed by atoms with Gasteiger partial charge in [0.25, 0.3) is 0 Å². The van der Waals surface area contributed by atoms with Crippen LogP contribution < -0.4 is 10.1 Å². The van der Waals surface area contributed by atoms with E-state index in [9.17, 15) is 5.11 Å². The molecule has 0 radical (unpaired) electrons. The molecule has 1 heterocycles. The van der Waals surface area contributed by atoms with Crippen molar-refractivity contribution in [1.29, 1.82) is 0 Å². The zero-order valence-electron chi connectivity index (χ0n) is 11.1. The van der Waals surface area contributed by atoms with E-state index in [2.05, 4.69) is 10.3 Å². The third-order valence-corrected chi connectivity index (χ3v) is 3.02. The second-order valence-electron chi connectivity index (χ2n) is 4.37. The number of methoxy groups -OCH3 is 1. The van der Waals surface area contributed by atoms with Gasteiger partial charge in [0, 0.05) is 30.4 Å². The molecule has 2 aromatic rings. The van der Waals surface area contributed by atoms with Crippen LogP contribution in [0, 0.1) is 0 Å². The molecule has 100 valence electrons. The largest absolute Gasteiger partial charge is 0.508 e. The molecule has 2 rings (SSSR count). The average Bonchev–Trinajstić information content (AvgIpc) is 2.45. The Morgan fingerprint density at radius 3 is 2.84 bits per heavy atom. The van der Waals surface area contributed by atoms with Gasteiger partial charge in [-0.15, -0.1) is 0 Å². The lowest BCUT2D eigenvalue weighted by atomic mass is 10.1. The number of rotatable bonds is 5. The minimum absolute atomic E-state index is 0.0698. The van der Waals surface area contributed by atoms with Crippen molar-refractivity contribution in [3.8, 4) is 11.6 Å². The molecule has 0 aliphatic heterocycles. The van der Waals surface area contributed by atoms with Gasteiger partial charge in [-0.25, -0.2) is 4.98 Å². The van der Waals surface area contributed by atoms with Crippen LogP contribution in [-0.4, -0.2) is 17.2 Å². The van der Waals surface area contributed by atoms with Gasteiger partial charge >= 0.3 is 0 Å². The number of phenols is 1. The summed E-state index contributed by atoms with van der Waals surface area (Å²) < 4.78 is 5.09. The Balaban J connectivity index is 2.00. The standard InChI is InChI=1S/C15H18N2O2/c1-11(13-5-3-4-6-14(13)18)17-10-12-7-8-16-15(9-12)19-2/h3-9,11,17-18H,10H2,1-2H3. The van der Waals surface area contributed by atoms with E-state index in [-0.39, 0.29) is 6.04 Å². The molecular weight excluding hydrogens is 240 g/mol. The van der Waals surface area contributed by atoms with Crippen LogP contribution in [0.2, 0.25) is 0 Å². The van der Waals surface area contributed by atoms with Crippen LogP contribution in [-0.2, 0) is 6.54 Å². The van der Waals surface area contributed by atoms with Crippen LogP contribution in [0.25, 0.3) is 0 Å². The Labute approximate surface area is 113 Å². The van der Waals surface area contributed by atoms with Crippen LogP contribution in [0.5, 0.6) is 11.6 Å². The molecule has 4 heteroatoms. The minimum atomic E-state index is 0.0698. The SMILES string of the molecule is COc1cc(CNC(C)c2ccccc2O)ccn1. The molecule has 2 N–H and O–H groups in total. The zero-order chi connectivity index (χ0) is 13.7. The summed E-state index contributed by atoms with van der Waals surface area (Å²) in [5.41, 5.74) is 1.98. The molecule has 0 aliphatic rings. The Morgan fingerprint density at radius 2 is 2.11 bits per heavy atom. The van der Waals surface area contributed by atoms with Crippen molar-refractivity contribution in [2.24, 2.45) is 0 Å². The first kappa shape index (κ1) is 13.4. The highest BCUT2D eigenvalue weighted by Gasteiger charge is 2.09. The van der Waals surface area contributed by atoms with Crippen LogP contribution >= 0.6 is 0 Å². The third kappa shape index (κ3) is 3.45. The van der Waals surface area contributed by atoms with Gasteiger partial charge in [0.1, 0.15) is 5.75 Å². The summed E-state index contributed by atoms with van der Waals surface area (Å²) in [6, 6.07) is 11.3. The van der Waals surface area contributed by atoms with E-state index in [0.717, 1.165) is 11.1 Å². The number of ether oxygens (including phenoxy) is 1. The summed E-state index contributed by atoms with van der Waals surface area (Å²) in [7, 11) is 1.60. The number of pyridine rings is 1. The maximum Gasteiger partial charge on any atom is 0.213 e. The number of nitrogens with zero attached hydrogens (tertiary/aromatic N) is 1. The Bertz CT molecular complexity index is 543. The molecule has 0 spiro atoms. The Morgan fingerprint density at radius 1 is 1.32 bits per heavy atom. The number of hydrogen-bond acceptors (Lipinski definition) is 4. The maximum absolute atomic E-state index is 9.79. The van der Waals surface area contributed by atoms with Crippen molar-refractivity contribution in [3.63, 3.8) is 0 Å². The number of aromatic hydroxyl groups is 1. The zero-order valence-corrected chi connectivity index (χ0v) is 11.1. The van der Waals surface area contributed by atoms with Gasteiger partial charge in [0.05, 0.1) is 7.11 Å². The highest BCUT2D eigenvalue weighted by atomic mass is 16.5. The summed E-state index contributed by atoms with van der Waals surface area (Å²) in [6.45, 7) is 2.71. The average molecular weight is 258 g/mol. The molecule has 0 saturated carbocycles. The van der Waals surface area contributed by atoms with E-state index in [4.69, 9.17) is 4.74 Å². The second kappa shape index (κ2) is 6.20. The number of hydrogen-bond donors (Lipinski definition) is 2. The molecule has 0 fully saturated rings. The molecule has 1 aromatic heterocycles. The minimum Gasteiger partial charge on any atom is -0.508 e. The number of aromatic nitrogens is 1.